The minimum absolute atomic E-state index is 0.287. The Balaban J connectivity index is 2.95. The number of hydrogen-bond donors (Lipinski definition) is 0. The molecule has 0 aromatic heterocycles. The zero-order valence-electron chi connectivity index (χ0n) is 7.27. The van der Waals surface area contributed by atoms with E-state index >= 15 is 0 Å². The fourth-order valence-corrected chi connectivity index (χ4v) is 1.09. The maximum atomic E-state index is 10.5. The van der Waals surface area contributed by atoms with Crippen LogP contribution in [0.1, 0.15) is 0 Å². The van der Waals surface area contributed by atoms with Gasteiger partial charge in [0.15, 0.2) is 18.4 Å². The minimum atomic E-state index is -2.66. The second-order valence-electron chi connectivity index (χ2n) is 2.88. The highest BCUT2D eigenvalue weighted by Crippen LogP contribution is 2.18. The van der Waals surface area contributed by atoms with Gasteiger partial charge in [0.25, 0.3) is 0 Å². The number of hydrogen-bond acceptors (Lipinski definition) is 7. The van der Waals surface area contributed by atoms with Gasteiger partial charge in [-0.3, -0.25) is 20.2 Å². The molecule has 0 atom stereocenters. The smallest absolute Gasteiger partial charge is 0.340 e. The summed E-state index contributed by atoms with van der Waals surface area (Å²) in [6.45, 7) is -2.20. The SMILES string of the molecule is O=[N+]([O-])N1COCC([N+](=O)[O-])([N+](=O)[O-])C1. The average Bonchev–Trinajstić information content (AvgIpc) is 2.17. The van der Waals surface area contributed by atoms with Crippen LogP contribution in [0.25, 0.3) is 0 Å². The summed E-state index contributed by atoms with van der Waals surface area (Å²) in [4.78, 5) is 29.0. The highest BCUT2D eigenvalue weighted by Gasteiger charge is 2.62. The standard InChI is InChI=1S/C4H6N4O7/c9-6(10)4(7(11)12)1-5(8(13)14)3-15-2-4/h1-3H2. The molecule has 0 spiro atoms. The second kappa shape index (κ2) is 3.61. The van der Waals surface area contributed by atoms with Crippen molar-refractivity contribution in [2.75, 3.05) is 19.9 Å². The molecule has 1 aliphatic heterocycles. The summed E-state index contributed by atoms with van der Waals surface area (Å²) in [6.07, 6.45) is 0. The van der Waals surface area contributed by atoms with Crippen LogP contribution in [0.5, 0.6) is 0 Å². The minimum Gasteiger partial charge on any atom is -0.340 e. The first-order valence-electron chi connectivity index (χ1n) is 3.66. The van der Waals surface area contributed by atoms with E-state index in [1.807, 2.05) is 0 Å². The quantitative estimate of drug-likeness (QED) is 0.326. The largest absolute Gasteiger partial charge is 0.503 e. The van der Waals surface area contributed by atoms with Crippen molar-refractivity contribution >= 4 is 0 Å². The van der Waals surface area contributed by atoms with Crippen LogP contribution in [-0.4, -0.2) is 45.4 Å². The monoisotopic (exact) mass is 222 g/mol. The molecule has 0 bridgehead atoms. The predicted octanol–water partition coefficient (Wildman–Crippen LogP) is -1.28. The number of nitro groups is 3. The Kier molecular flexibility index (Phi) is 2.65. The Bertz CT molecular complexity index is 302. The summed E-state index contributed by atoms with van der Waals surface area (Å²) < 4.78 is 4.48. The highest BCUT2D eigenvalue weighted by atomic mass is 16.7. The van der Waals surface area contributed by atoms with Crippen LogP contribution < -0.4 is 0 Å². The lowest BCUT2D eigenvalue weighted by atomic mass is 10.2. The lowest BCUT2D eigenvalue weighted by Crippen LogP contribution is -2.62. The van der Waals surface area contributed by atoms with E-state index in [2.05, 4.69) is 4.74 Å². The van der Waals surface area contributed by atoms with E-state index < -0.39 is 40.4 Å². The van der Waals surface area contributed by atoms with Crippen molar-refractivity contribution < 1.29 is 19.6 Å². The maximum absolute atomic E-state index is 10.5. The summed E-state index contributed by atoms with van der Waals surface area (Å²) >= 11 is 0. The van der Waals surface area contributed by atoms with Crippen LogP contribution in [0.2, 0.25) is 0 Å². The first-order chi connectivity index (χ1) is 6.90. The van der Waals surface area contributed by atoms with Gasteiger partial charge >= 0.3 is 5.66 Å². The van der Waals surface area contributed by atoms with Gasteiger partial charge in [0.2, 0.25) is 6.54 Å². The van der Waals surface area contributed by atoms with Crippen molar-refractivity contribution in [2.24, 2.45) is 0 Å². The first-order valence-corrected chi connectivity index (χ1v) is 3.66. The van der Waals surface area contributed by atoms with Crippen molar-refractivity contribution in [1.82, 2.24) is 5.01 Å². The van der Waals surface area contributed by atoms with E-state index in [-0.39, 0.29) is 5.01 Å². The first kappa shape index (κ1) is 11.0. The molecule has 15 heavy (non-hydrogen) atoms. The van der Waals surface area contributed by atoms with E-state index in [0.717, 1.165) is 0 Å². The van der Waals surface area contributed by atoms with E-state index in [4.69, 9.17) is 0 Å². The third kappa shape index (κ3) is 1.76. The molecule has 11 heteroatoms. The Morgan fingerprint density at radius 3 is 2.07 bits per heavy atom. The molecular weight excluding hydrogens is 216 g/mol. The van der Waals surface area contributed by atoms with Crippen LogP contribution in [0.15, 0.2) is 0 Å². The van der Waals surface area contributed by atoms with Gasteiger partial charge in [-0.1, -0.05) is 5.01 Å². The molecule has 0 unspecified atom stereocenters. The van der Waals surface area contributed by atoms with Gasteiger partial charge in [0.1, 0.15) is 9.85 Å². The normalized spacial score (nSPS) is 19.6. The lowest BCUT2D eigenvalue weighted by Gasteiger charge is -2.25. The zero-order chi connectivity index (χ0) is 11.6. The van der Waals surface area contributed by atoms with Gasteiger partial charge in [-0.05, 0) is 0 Å². The molecule has 1 saturated heterocycles. The molecule has 1 rings (SSSR count). The van der Waals surface area contributed by atoms with Gasteiger partial charge in [-0.15, -0.1) is 0 Å². The Hall–Kier alpha value is -2.04. The van der Waals surface area contributed by atoms with Crippen LogP contribution in [0, 0.1) is 30.3 Å². The Labute approximate surface area is 81.6 Å². The molecule has 1 heterocycles. The van der Waals surface area contributed by atoms with Crippen molar-refractivity contribution in [3.63, 3.8) is 0 Å². The molecule has 0 amide bonds. The topological polar surface area (TPSA) is 142 Å². The van der Waals surface area contributed by atoms with E-state index in [1.54, 1.807) is 0 Å². The average molecular weight is 222 g/mol. The molecule has 84 valence electrons. The third-order valence-corrected chi connectivity index (χ3v) is 1.92. The molecule has 0 aliphatic carbocycles. The highest BCUT2D eigenvalue weighted by molar-refractivity contribution is 4.72. The number of ether oxygens (including phenoxy) is 1. The Morgan fingerprint density at radius 1 is 1.13 bits per heavy atom. The summed E-state index contributed by atoms with van der Waals surface area (Å²) in [6, 6.07) is 0. The maximum Gasteiger partial charge on any atom is 0.503 e. The zero-order valence-corrected chi connectivity index (χ0v) is 7.27. The summed E-state index contributed by atoms with van der Waals surface area (Å²) in [5.41, 5.74) is -2.66. The fourth-order valence-electron chi connectivity index (χ4n) is 1.09. The number of rotatable bonds is 3. The Morgan fingerprint density at radius 2 is 1.67 bits per heavy atom. The molecule has 0 aromatic rings. The van der Waals surface area contributed by atoms with Gasteiger partial charge in [-0.25, -0.2) is 10.1 Å². The summed E-state index contributed by atoms with van der Waals surface area (Å²) in [5, 5.41) is 30.7. The van der Waals surface area contributed by atoms with Crippen molar-refractivity contribution in [3.05, 3.63) is 30.3 Å². The van der Waals surface area contributed by atoms with Gasteiger partial charge in [0, 0.05) is 0 Å². The third-order valence-electron chi connectivity index (χ3n) is 1.92. The second-order valence-corrected chi connectivity index (χ2v) is 2.88. The summed E-state index contributed by atoms with van der Waals surface area (Å²) in [5.74, 6) is 0. The van der Waals surface area contributed by atoms with E-state index in [0.29, 0.717) is 0 Å². The van der Waals surface area contributed by atoms with Crippen LogP contribution in [0.3, 0.4) is 0 Å². The molecule has 11 nitrogen and oxygen atoms in total. The van der Waals surface area contributed by atoms with Gasteiger partial charge in [0.05, 0.1) is 0 Å². The van der Waals surface area contributed by atoms with Crippen LogP contribution in [-0.2, 0) is 4.74 Å². The van der Waals surface area contributed by atoms with Gasteiger partial charge < -0.3 is 4.74 Å². The van der Waals surface area contributed by atoms with Gasteiger partial charge in [-0.2, -0.15) is 0 Å². The van der Waals surface area contributed by atoms with Crippen LogP contribution in [0.4, 0.5) is 0 Å². The molecule has 0 N–H and O–H groups in total. The number of nitrogens with zero attached hydrogens (tertiary/aromatic N) is 4. The molecule has 0 radical (unpaired) electrons. The molecule has 1 fully saturated rings. The van der Waals surface area contributed by atoms with Crippen molar-refractivity contribution in [2.45, 2.75) is 5.66 Å². The lowest BCUT2D eigenvalue weighted by molar-refractivity contribution is -0.820. The van der Waals surface area contributed by atoms with Crippen molar-refractivity contribution in [1.29, 1.82) is 0 Å². The van der Waals surface area contributed by atoms with E-state index in [9.17, 15) is 30.3 Å². The molecule has 1 aliphatic rings. The van der Waals surface area contributed by atoms with E-state index in [1.165, 1.54) is 0 Å². The number of hydrazine groups is 1. The fraction of sp³-hybridized carbons (Fsp3) is 1.00. The van der Waals surface area contributed by atoms with Crippen molar-refractivity contribution in [3.8, 4) is 0 Å². The predicted molar refractivity (Wildman–Crippen MR) is 41.2 cm³/mol. The molecule has 0 saturated carbocycles. The van der Waals surface area contributed by atoms with Crippen LogP contribution >= 0.6 is 0 Å². The molecular formula is C4H6N4O7. The molecule has 0 aromatic carbocycles. The summed E-state index contributed by atoms with van der Waals surface area (Å²) in [7, 11) is 0.